The third kappa shape index (κ3) is 3.12. The van der Waals surface area contributed by atoms with Crippen LogP contribution in [0.5, 0.6) is 5.75 Å². The van der Waals surface area contributed by atoms with Crippen LogP contribution in [0, 0.1) is 20.4 Å². The van der Waals surface area contributed by atoms with Crippen LogP contribution in [0.25, 0.3) is 4.85 Å². The van der Waals surface area contributed by atoms with E-state index in [0.717, 1.165) is 40.2 Å². The standard InChI is InChI=1S/C19H22N2O/c1-12(2)18-17(19(22-6)13(3)14(4)21-18)11-15-7-9-16(20-5)10-8-15/h7-10,12H,11H2,1-4,6H3. The quantitative estimate of drug-likeness (QED) is 0.744. The molecule has 1 aromatic heterocycles. The first-order chi connectivity index (χ1) is 10.5. The first-order valence-corrected chi connectivity index (χ1v) is 7.48. The number of pyridine rings is 1. The summed E-state index contributed by atoms with van der Waals surface area (Å²) >= 11 is 0. The van der Waals surface area contributed by atoms with Gasteiger partial charge in [0, 0.05) is 23.2 Å². The number of benzene rings is 1. The number of rotatable bonds is 4. The molecule has 0 saturated carbocycles. The fourth-order valence-corrected chi connectivity index (χ4v) is 2.66. The molecular formula is C19H22N2O. The van der Waals surface area contributed by atoms with Crippen LogP contribution < -0.4 is 4.74 Å². The molecule has 2 aromatic rings. The van der Waals surface area contributed by atoms with Gasteiger partial charge in [-0.25, -0.2) is 4.85 Å². The number of hydrogen-bond donors (Lipinski definition) is 0. The molecule has 22 heavy (non-hydrogen) atoms. The molecule has 2 rings (SSSR count). The van der Waals surface area contributed by atoms with Crippen molar-refractivity contribution in [1.29, 1.82) is 0 Å². The molecule has 0 spiro atoms. The Morgan fingerprint density at radius 1 is 1.18 bits per heavy atom. The van der Waals surface area contributed by atoms with Crippen molar-refractivity contribution in [2.24, 2.45) is 0 Å². The smallest absolute Gasteiger partial charge is 0.187 e. The number of hydrogen-bond acceptors (Lipinski definition) is 2. The van der Waals surface area contributed by atoms with Crippen molar-refractivity contribution in [3.63, 3.8) is 0 Å². The van der Waals surface area contributed by atoms with Gasteiger partial charge in [0.1, 0.15) is 5.75 Å². The third-order valence-corrected chi connectivity index (χ3v) is 3.95. The van der Waals surface area contributed by atoms with E-state index in [1.54, 1.807) is 7.11 Å². The van der Waals surface area contributed by atoms with Crippen molar-refractivity contribution in [2.45, 2.75) is 40.0 Å². The molecule has 0 saturated heterocycles. The van der Waals surface area contributed by atoms with Crippen molar-refractivity contribution < 1.29 is 4.74 Å². The molecule has 0 aliphatic carbocycles. The Kier molecular flexibility index (Phi) is 4.82. The van der Waals surface area contributed by atoms with Crippen LogP contribution in [-0.4, -0.2) is 12.1 Å². The van der Waals surface area contributed by atoms with E-state index < -0.39 is 0 Å². The molecule has 0 aliphatic rings. The summed E-state index contributed by atoms with van der Waals surface area (Å²) < 4.78 is 5.68. The van der Waals surface area contributed by atoms with E-state index >= 15 is 0 Å². The van der Waals surface area contributed by atoms with Gasteiger partial charge in [-0.15, -0.1) is 0 Å². The molecule has 0 N–H and O–H groups in total. The van der Waals surface area contributed by atoms with Gasteiger partial charge in [0.15, 0.2) is 5.69 Å². The van der Waals surface area contributed by atoms with Crippen LogP contribution in [0.15, 0.2) is 24.3 Å². The molecule has 0 bridgehead atoms. The second-order valence-electron chi connectivity index (χ2n) is 5.83. The molecule has 0 radical (unpaired) electrons. The maximum absolute atomic E-state index is 7.04. The average Bonchev–Trinajstić information content (AvgIpc) is 2.51. The zero-order valence-electron chi connectivity index (χ0n) is 13.9. The Morgan fingerprint density at radius 2 is 1.82 bits per heavy atom. The highest BCUT2D eigenvalue weighted by Crippen LogP contribution is 2.33. The van der Waals surface area contributed by atoms with Gasteiger partial charge in [-0.3, -0.25) is 4.98 Å². The fourth-order valence-electron chi connectivity index (χ4n) is 2.66. The van der Waals surface area contributed by atoms with Crippen molar-refractivity contribution in [1.82, 2.24) is 4.98 Å². The summed E-state index contributed by atoms with van der Waals surface area (Å²) in [4.78, 5) is 8.22. The predicted molar refractivity (Wildman–Crippen MR) is 89.9 cm³/mol. The number of aryl methyl sites for hydroxylation is 1. The summed E-state index contributed by atoms with van der Waals surface area (Å²) in [6.45, 7) is 15.4. The fraction of sp³-hybridized carbons (Fsp3) is 0.368. The highest BCUT2D eigenvalue weighted by molar-refractivity contribution is 5.50. The van der Waals surface area contributed by atoms with E-state index in [2.05, 4.69) is 25.6 Å². The molecule has 0 amide bonds. The molecule has 3 heteroatoms. The average molecular weight is 294 g/mol. The molecular weight excluding hydrogens is 272 g/mol. The van der Waals surface area contributed by atoms with E-state index in [4.69, 9.17) is 16.3 Å². The Bertz CT molecular complexity index is 710. The van der Waals surface area contributed by atoms with E-state index in [-0.39, 0.29) is 0 Å². The summed E-state index contributed by atoms with van der Waals surface area (Å²) in [7, 11) is 1.72. The summed E-state index contributed by atoms with van der Waals surface area (Å²) in [5, 5.41) is 0. The first-order valence-electron chi connectivity index (χ1n) is 7.48. The summed E-state index contributed by atoms with van der Waals surface area (Å²) in [5.41, 5.74) is 6.19. The topological polar surface area (TPSA) is 26.5 Å². The van der Waals surface area contributed by atoms with E-state index in [9.17, 15) is 0 Å². The molecule has 0 atom stereocenters. The summed E-state index contributed by atoms with van der Waals surface area (Å²) in [6.07, 6.45) is 0.767. The zero-order valence-corrected chi connectivity index (χ0v) is 13.9. The van der Waals surface area contributed by atoms with Crippen molar-refractivity contribution in [3.05, 3.63) is 63.8 Å². The lowest BCUT2D eigenvalue weighted by molar-refractivity contribution is 0.404. The third-order valence-electron chi connectivity index (χ3n) is 3.95. The van der Waals surface area contributed by atoms with E-state index in [1.807, 2.05) is 31.2 Å². The largest absolute Gasteiger partial charge is 0.496 e. The van der Waals surface area contributed by atoms with Gasteiger partial charge in [0.05, 0.1) is 19.4 Å². The minimum Gasteiger partial charge on any atom is -0.496 e. The van der Waals surface area contributed by atoms with Crippen LogP contribution in [0.3, 0.4) is 0 Å². The lowest BCUT2D eigenvalue weighted by atomic mass is 9.94. The van der Waals surface area contributed by atoms with Gasteiger partial charge < -0.3 is 4.74 Å². The Balaban J connectivity index is 2.52. The van der Waals surface area contributed by atoms with Crippen LogP contribution in [0.1, 0.15) is 47.8 Å². The summed E-state index contributed by atoms with van der Waals surface area (Å²) in [5.74, 6) is 1.27. The van der Waals surface area contributed by atoms with Crippen molar-refractivity contribution >= 4 is 5.69 Å². The molecule has 0 aliphatic heterocycles. The van der Waals surface area contributed by atoms with Crippen molar-refractivity contribution in [3.8, 4) is 5.75 Å². The molecule has 3 nitrogen and oxygen atoms in total. The number of methoxy groups -OCH3 is 1. The van der Waals surface area contributed by atoms with Gasteiger partial charge in [-0.1, -0.05) is 38.1 Å². The van der Waals surface area contributed by atoms with Gasteiger partial charge in [0.25, 0.3) is 0 Å². The van der Waals surface area contributed by atoms with Crippen LogP contribution in [-0.2, 0) is 6.42 Å². The van der Waals surface area contributed by atoms with E-state index in [1.165, 1.54) is 0 Å². The maximum atomic E-state index is 7.04. The zero-order chi connectivity index (χ0) is 16.3. The van der Waals surface area contributed by atoms with Gasteiger partial charge in [-0.05, 0) is 25.3 Å². The van der Waals surface area contributed by atoms with E-state index in [0.29, 0.717) is 11.6 Å². The lowest BCUT2D eigenvalue weighted by Gasteiger charge is -2.19. The summed E-state index contributed by atoms with van der Waals surface area (Å²) in [6, 6.07) is 7.73. The van der Waals surface area contributed by atoms with Crippen LogP contribution in [0.4, 0.5) is 5.69 Å². The number of nitrogens with zero attached hydrogens (tertiary/aromatic N) is 2. The lowest BCUT2D eigenvalue weighted by Crippen LogP contribution is -2.08. The molecule has 1 aromatic carbocycles. The monoisotopic (exact) mass is 294 g/mol. The van der Waals surface area contributed by atoms with Gasteiger partial charge >= 0.3 is 0 Å². The second-order valence-corrected chi connectivity index (χ2v) is 5.83. The highest BCUT2D eigenvalue weighted by Gasteiger charge is 2.18. The maximum Gasteiger partial charge on any atom is 0.187 e. The predicted octanol–water partition coefficient (Wildman–Crippen LogP) is 4.97. The molecule has 114 valence electrons. The SMILES string of the molecule is [C-]#[N+]c1ccc(Cc2c(C(C)C)nc(C)c(C)c2OC)cc1. The Morgan fingerprint density at radius 3 is 2.32 bits per heavy atom. The first kappa shape index (κ1) is 16.0. The van der Waals surface area contributed by atoms with Gasteiger partial charge in [0.2, 0.25) is 0 Å². The number of ether oxygens (including phenoxy) is 1. The number of aromatic nitrogens is 1. The minimum absolute atomic E-state index is 0.339. The molecule has 1 heterocycles. The Hall–Kier alpha value is -2.34. The van der Waals surface area contributed by atoms with Crippen LogP contribution >= 0.6 is 0 Å². The minimum atomic E-state index is 0.339. The normalized spacial score (nSPS) is 10.6. The Labute approximate surface area is 132 Å². The molecule has 0 unspecified atom stereocenters. The second kappa shape index (κ2) is 6.62. The highest BCUT2D eigenvalue weighted by atomic mass is 16.5. The van der Waals surface area contributed by atoms with Gasteiger partial charge in [-0.2, -0.15) is 0 Å². The molecule has 0 fully saturated rings. The van der Waals surface area contributed by atoms with Crippen LogP contribution in [0.2, 0.25) is 0 Å². The van der Waals surface area contributed by atoms with Crippen molar-refractivity contribution in [2.75, 3.05) is 7.11 Å².